The van der Waals surface area contributed by atoms with Crippen LogP contribution in [0.5, 0.6) is 0 Å². The summed E-state index contributed by atoms with van der Waals surface area (Å²) < 4.78 is 25.9. The smallest absolute Gasteiger partial charge is 0.0701 e. The van der Waals surface area contributed by atoms with Crippen molar-refractivity contribution >= 4 is 11.6 Å². The maximum absolute atomic E-state index is 5.45. The third-order valence-electron chi connectivity index (χ3n) is 1.89. The second-order valence-electron chi connectivity index (χ2n) is 3.35. The molecule has 18 heavy (non-hydrogen) atoms. The molecule has 0 spiro atoms. The quantitative estimate of drug-likeness (QED) is 0.333. The van der Waals surface area contributed by atoms with Crippen LogP contribution in [-0.2, 0) is 23.7 Å². The van der Waals surface area contributed by atoms with Crippen molar-refractivity contribution in [2.24, 2.45) is 0 Å². The van der Waals surface area contributed by atoms with Crippen molar-refractivity contribution < 1.29 is 23.7 Å². The lowest BCUT2D eigenvalue weighted by atomic mass is 10.5. The molecule has 0 atom stereocenters. The minimum absolute atomic E-state index is 0.515. The molecular weight excluding hydrogens is 260 g/mol. The van der Waals surface area contributed by atoms with Crippen molar-refractivity contribution in [3.8, 4) is 0 Å². The number of methoxy groups -OCH3 is 1. The summed E-state index contributed by atoms with van der Waals surface area (Å²) in [7, 11) is 1.65. The molecule has 5 nitrogen and oxygen atoms in total. The van der Waals surface area contributed by atoms with Crippen LogP contribution >= 0.6 is 11.6 Å². The summed E-state index contributed by atoms with van der Waals surface area (Å²) in [6.07, 6.45) is 1.86. The Labute approximate surface area is 115 Å². The third kappa shape index (κ3) is 16.1. The van der Waals surface area contributed by atoms with Gasteiger partial charge in [0.05, 0.1) is 59.5 Å². The molecule has 6 heteroatoms. The Morgan fingerprint density at radius 1 is 0.722 bits per heavy atom. The highest BCUT2D eigenvalue weighted by Gasteiger charge is 1.92. The Bertz CT molecular complexity index is 132. The molecule has 0 N–H and O–H groups in total. The molecule has 0 bridgehead atoms. The fraction of sp³-hybridized carbons (Fsp3) is 0.917. The van der Waals surface area contributed by atoms with E-state index in [1.807, 2.05) is 6.42 Å². The number of halogens is 1. The molecule has 109 valence electrons. The van der Waals surface area contributed by atoms with Gasteiger partial charge in [-0.25, -0.2) is 0 Å². The minimum atomic E-state index is 0.515. The highest BCUT2D eigenvalue weighted by molar-refractivity contribution is 6.18. The second kappa shape index (κ2) is 17.1. The topological polar surface area (TPSA) is 46.2 Å². The van der Waals surface area contributed by atoms with Crippen LogP contribution in [0.1, 0.15) is 0 Å². The second-order valence-corrected chi connectivity index (χ2v) is 3.66. The molecule has 0 saturated carbocycles. The molecule has 0 aromatic carbocycles. The number of rotatable bonds is 15. The summed E-state index contributed by atoms with van der Waals surface area (Å²) in [5.74, 6) is 0.515. The molecule has 0 rings (SSSR count). The highest BCUT2D eigenvalue weighted by atomic mass is 35.5. The average Bonchev–Trinajstić information content (AvgIpc) is 2.39. The normalized spacial score (nSPS) is 11.0. The van der Waals surface area contributed by atoms with Gasteiger partial charge < -0.3 is 23.7 Å². The van der Waals surface area contributed by atoms with Crippen molar-refractivity contribution in [1.29, 1.82) is 0 Å². The fourth-order valence-corrected chi connectivity index (χ4v) is 1.10. The van der Waals surface area contributed by atoms with Gasteiger partial charge in [-0.2, -0.15) is 0 Å². The third-order valence-corrected chi connectivity index (χ3v) is 2.11. The van der Waals surface area contributed by atoms with Gasteiger partial charge in [0.1, 0.15) is 0 Å². The van der Waals surface area contributed by atoms with Crippen LogP contribution in [-0.4, -0.2) is 72.5 Å². The molecule has 0 unspecified atom stereocenters. The number of alkyl halides is 1. The summed E-state index contributed by atoms with van der Waals surface area (Å²) in [5.41, 5.74) is 0. The summed E-state index contributed by atoms with van der Waals surface area (Å²) in [6.45, 7) is 5.24. The lowest BCUT2D eigenvalue weighted by Gasteiger charge is -2.07. The van der Waals surface area contributed by atoms with Crippen LogP contribution in [0, 0.1) is 6.42 Å². The first kappa shape index (κ1) is 18.1. The lowest BCUT2D eigenvalue weighted by molar-refractivity contribution is -0.00627. The van der Waals surface area contributed by atoms with E-state index in [1.54, 1.807) is 7.11 Å². The van der Waals surface area contributed by atoms with Crippen molar-refractivity contribution in [2.75, 3.05) is 72.5 Å². The van der Waals surface area contributed by atoms with Gasteiger partial charge in [0, 0.05) is 19.4 Å². The monoisotopic (exact) mass is 283 g/mol. The molecule has 0 amide bonds. The predicted molar refractivity (Wildman–Crippen MR) is 70.2 cm³/mol. The van der Waals surface area contributed by atoms with Gasteiger partial charge in [-0.1, -0.05) is 0 Å². The van der Waals surface area contributed by atoms with Gasteiger partial charge in [0.2, 0.25) is 0 Å². The van der Waals surface area contributed by atoms with Gasteiger partial charge in [-0.15, -0.1) is 11.6 Å². The zero-order valence-corrected chi connectivity index (χ0v) is 11.8. The standard InChI is InChI=1S/C12H24ClO5/c1-14-5-6-16-9-10-18-12-11-17-8-7-15-4-2-3-13/h2H,3-12H2,1H3. The Hall–Kier alpha value is 0.0900. The summed E-state index contributed by atoms with van der Waals surface area (Å²) in [5, 5.41) is 0. The number of hydrogen-bond donors (Lipinski definition) is 0. The van der Waals surface area contributed by atoms with E-state index < -0.39 is 0 Å². The fourth-order valence-electron chi connectivity index (χ4n) is 1.01. The van der Waals surface area contributed by atoms with E-state index in [-0.39, 0.29) is 0 Å². The van der Waals surface area contributed by atoms with E-state index >= 15 is 0 Å². The van der Waals surface area contributed by atoms with Crippen molar-refractivity contribution in [1.82, 2.24) is 0 Å². The van der Waals surface area contributed by atoms with Gasteiger partial charge >= 0.3 is 0 Å². The molecule has 0 aliphatic rings. The molecule has 0 saturated heterocycles. The molecule has 0 aromatic rings. The van der Waals surface area contributed by atoms with Crippen LogP contribution in [0.3, 0.4) is 0 Å². The minimum Gasteiger partial charge on any atom is -0.382 e. The Balaban J connectivity index is 2.86. The van der Waals surface area contributed by atoms with Crippen LogP contribution in [0.4, 0.5) is 0 Å². The SMILES string of the molecule is COCCOCCOCCOCCOC[CH]CCl. The Morgan fingerprint density at radius 3 is 1.61 bits per heavy atom. The number of hydrogen-bond acceptors (Lipinski definition) is 5. The molecule has 0 fully saturated rings. The van der Waals surface area contributed by atoms with E-state index in [0.717, 1.165) is 0 Å². The maximum Gasteiger partial charge on any atom is 0.0701 e. The molecule has 0 aliphatic heterocycles. The maximum atomic E-state index is 5.45. The van der Waals surface area contributed by atoms with Gasteiger partial charge in [0.25, 0.3) is 0 Å². The van der Waals surface area contributed by atoms with Gasteiger partial charge in [-0.3, -0.25) is 0 Å². The van der Waals surface area contributed by atoms with E-state index in [4.69, 9.17) is 35.3 Å². The summed E-state index contributed by atoms with van der Waals surface area (Å²) in [6, 6.07) is 0. The molecular formula is C12H24ClO5. The Morgan fingerprint density at radius 2 is 1.17 bits per heavy atom. The summed E-state index contributed by atoms with van der Waals surface area (Å²) >= 11 is 5.45. The lowest BCUT2D eigenvalue weighted by Crippen LogP contribution is -2.13. The number of ether oxygens (including phenoxy) is 5. The van der Waals surface area contributed by atoms with Crippen LogP contribution in [0.15, 0.2) is 0 Å². The van der Waals surface area contributed by atoms with Crippen LogP contribution in [0.2, 0.25) is 0 Å². The van der Waals surface area contributed by atoms with Crippen LogP contribution in [0.25, 0.3) is 0 Å². The first-order valence-electron chi connectivity index (χ1n) is 6.09. The van der Waals surface area contributed by atoms with Crippen molar-refractivity contribution in [3.05, 3.63) is 6.42 Å². The van der Waals surface area contributed by atoms with E-state index in [0.29, 0.717) is 65.3 Å². The molecule has 0 aliphatic carbocycles. The highest BCUT2D eigenvalue weighted by Crippen LogP contribution is 1.86. The molecule has 0 heterocycles. The molecule has 1 radical (unpaired) electrons. The largest absolute Gasteiger partial charge is 0.382 e. The average molecular weight is 284 g/mol. The van der Waals surface area contributed by atoms with Crippen molar-refractivity contribution in [3.63, 3.8) is 0 Å². The van der Waals surface area contributed by atoms with Crippen LogP contribution < -0.4 is 0 Å². The van der Waals surface area contributed by atoms with E-state index in [9.17, 15) is 0 Å². The van der Waals surface area contributed by atoms with E-state index in [1.165, 1.54) is 0 Å². The first-order valence-corrected chi connectivity index (χ1v) is 6.62. The van der Waals surface area contributed by atoms with Crippen molar-refractivity contribution in [2.45, 2.75) is 0 Å². The zero-order valence-electron chi connectivity index (χ0n) is 11.1. The predicted octanol–water partition coefficient (Wildman–Crippen LogP) is 1.14. The Kier molecular flexibility index (Phi) is 17.2. The zero-order chi connectivity index (χ0) is 13.3. The first-order chi connectivity index (χ1) is 8.91. The summed E-state index contributed by atoms with van der Waals surface area (Å²) in [4.78, 5) is 0. The van der Waals surface area contributed by atoms with Gasteiger partial charge in [0.15, 0.2) is 0 Å². The van der Waals surface area contributed by atoms with E-state index in [2.05, 4.69) is 0 Å². The van der Waals surface area contributed by atoms with Gasteiger partial charge in [-0.05, 0) is 0 Å². The molecule has 0 aromatic heterocycles.